The van der Waals surface area contributed by atoms with Crippen molar-refractivity contribution in [1.82, 2.24) is 9.47 Å². The van der Waals surface area contributed by atoms with E-state index in [1.54, 1.807) is 0 Å². The first-order chi connectivity index (χ1) is 9.22. The second-order valence-corrected chi connectivity index (χ2v) is 7.19. The number of rotatable bonds is 2. The number of amides is 1. The van der Waals surface area contributed by atoms with Crippen LogP contribution in [0.4, 0.5) is 0 Å². The average Bonchev–Trinajstić information content (AvgIpc) is 2.82. The van der Waals surface area contributed by atoms with Crippen LogP contribution in [0.3, 0.4) is 0 Å². The highest BCUT2D eigenvalue weighted by atomic mass is 16.3. The number of aromatic nitrogens is 1. The molecule has 1 aliphatic heterocycles. The van der Waals surface area contributed by atoms with Gasteiger partial charge in [-0.3, -0.25) is 4.79 Å². The van der Waals surface area contributed by atoms with Gasteiger partial charge in [0.2, 0.25) is 5.91 Å². The molecule has 0 radical (unpaired) electrons. The molecule has 1 amide bonds. The summed E-state index contributed by atoms with van der Waals surface area (Å²) in [7, 11) is 0. The van der Waals surface area contributed by atoms with Gasteiger partial charge in [0.25, 0.3) is 0 Å². The lowest BCUT2D eigenvalue weighted by molar-refractivity contribution is -0.140. The normalized spacial score (nSPS) is 23.4. The average molecular weight is 278 g/mol. The minimum atomic E-state index is -0.588. The zero-order valence-electron chi connectivity index (χ0n) is 13.0. The largest absolute Gasteiger partial charge is 0.393 e. The van der Waals surface area contributed by atoms with Crippen molar-refractivity contribution in [2.24, 2.45) is 5.41 Å². The van der Waals surface area contributed by atoms with E-state index >= 15 is 0 Å². The number of carbonyl (C=O) groups is 1. The highest BCUT2D eigenvalue weighted by molar-refractivity contribution is 5.83. The van der Waals surface area contributed by atoms with E-state index in [9.17, 15) is 9.90 Å². The van der Waals surface area contributed by atoms with Crippen LogP contribution in [-0.4, -0.2) is 39.7 Å². The van der Waals surface area contributed by atoms with Crippen LogP contribution in [0.2, 0.25) is 0 Å². The zero-order chi connectivity index (χ0) is 15.0. The van der Waals surface area contributed by atoms with Crippen molar-refractivity contribution in [1.29, 1.82) is 0 Å². The highest BCUT2D eigenvalue weighted by Crippen LogP contribution is 2.30. The molecule has 1 N–H and O–H groups in total. The van der Waals surface area contributed by atoms with Gasteiger partial charge in [0.15, 0.2) is 0 Å². The summed E-state index contributed by atoms with van der Waals surface area (Å²) in [5.74, 6) is 0.121. The Morgan fingerprint density at radius 1 is 1.30 bits per heavy atom. The molecule has 1 aliphatic rings. The van der Waals surface area contributed by atoms with Crippen molar-refractivity contribution >= 4 is 5.91 Å². The number of likely N-dealkylation sites (tertiary alicyclic amines) is 1. The molecule has 4 nitrogen and oxygen atoms in total. The summed E-state index contributed by atoms with van der Waals surface area (Å²) >= 11 is 0. The molecular weight excluding hydrogens is 252 g/mol. The summed E-state index contributed by atoms with van der Waals surface area (Å²) in [4.78, 5) is 14.8. The first kappa shape index (κ1) is 15.1. The van der Waals surface area contributed by atoms with Gasteiger partial charge in [0.05, 0.1) is 6.10 Å². The molecule has 0 unspecified atom stereocenters. The molecule has 1 atom stereocenters. The molecule has 112 valence electrons. The minimum absolute atomic E-state index is 0.0433. The van der Waals surface area contributed by atoms with Crippen LogP contribution in [-0.2, 0) is 10.3 Å². The molecule has 1 fully saturated rings. The summed E-state index contributed by atoms with van der Waals surface area (Å²) < 4.78 is 1.95. The van der Waals surface area contributed by atoms with Crippen LogP contribution >= 0.6 is 0 Å². The Morgan fingerprint density at radius 2 is 1.90 bits per heavy atom. The zero-order valence-corrected chi connectivity index (χ0v) is 13.0. The van der Waals surface area contributed by atoms with Crippen molar-refractivity contribution in [2.45, 2.75) is 52.2 Å². The lowest BCUT2D eigenvalue weighted by atomic mass is 9.86. The molecule has 0 bridgehead atoms. The summed E-state index contributed by atoms with van der Waals surface area (Å²) in [6, 6.07) is 3.87. The van der Waals surface area contributed by atoms with Gasteiger partial charge in [0, 0.05) is 25.5 Å². The first-order valence-corrected chi connectivity index (χ1v) is 7.33. The van der Waals surface area contributed by atoms with Crippen LogP contribution < -0.4 is 0 Å². The van der Waals surface area contributed by atoms with E-state index in [0.29, 0.717) is 19.5 Å². The maximum absolute atomic E-state index is 12.9. The summed E-state index contributed by atoms with van der Waals surface area (Å²) in [5, 5.41) is 9.97. The second-order valence-electron chi connectivity index (χ2n) is 7.19. The van der Waals surface area contributed by atoms with Crippen molar-refractivity contribution in [3.05, 3.63) is 24.5 Å². The van der Waals surface area contributed by atoms with Crippen LogP contribution in [0.25, 0.3) is 0 Å². The van der Waals surface area contributed by atoms with Crippen molar-refractivity contribution in [2.75, 3.05) is 13.1 Å². The predicted octanol–water partition coefficient (Wildman–Crippen LogP) is 2.23. The van der Waals surface area contributed by atoms with E-state index in [4.69, 9.17) is 0 Å². The number of aliphatic hydroxyl groups is 1. The van der Waals surface area contributed by atoms with E-state index < -0.39 is 5.54 Å². The van der Waals surface area contributed by atoms with Crippen LogP contribution in [0.5, 0.6) is 0 Å². The molecule has 0 aromatic carbocycles. The van der Waals surface area contributed by atoms with Gasteiger partial charge in [-0.1, -0.05) is 13.8 Å². The number of nitrogens with zero attached hydrogens (tertiary/aromatic N) is 2. The fourth-order valence-electron chi connectivity index (χ4n) is 3.08. The molecule has 0 aliphatic carbocycles. The van der Waals surface area contributed by atoms with Crippen LogP contribution in [0, 0.1) is 5.41 Å². The molecule has 4 heteroatoms. The maximum atomic E-state index is 12.9. The summed E-state index contributed by atoms with van der Waals surface area (Å²) in [6.45, 7) is 9.46. The molecule has 1 saturated heterocycles. The predicted molar refractivity (Wildman–Crippen MR) is 79.4 cm³/mol. The number of hydrogen-bond acceptors (Lipinski definition) is 2. The van der Waals surface area contributed by atoms with E-state index in [0.717, 1.165) is 6.42 Å². The Labute approximate surface area is 121 Å². The van der Waals surface area contributed by atoms with Crippen molar-refractivity contribution in [3.8, 4) is 0 Å². The van der Waals surface area contributed by atoms with Gasteiger partial charge >= 0.3 is 0 Å². The van der Waals surface area contributed by atoms with E-state index in [-0.39, 0.29) is 17.4 Å². The second kappa shape index (κ2) is 5.24. The monoisotopic (exact) mass is 278 g/mol. The number of carbonyl (C=O) groups excluding carboxylic acids is 1. The molecule has 2 heterocycles. The van der Waals surface area contributed by atoms with Crippen molar-refractivity contribution in [3.63, 3.8) is 0 Å². The van der Waals surface area contributed by atoms with Gasteiger partial charge in [-0.2, -0.15) is 0 Å². The molecule has 2 rings (SSSR count). The van der Waals surface area contributed by atoms with Gasteiger partial charge in [-0.15, -0.1) is 0 Å². The third-order valence-corrected chi connectivity index (χ3v) is 4.20. The summed E-state index contributed by atoms with van der Waals surface area (Å²) in [6.07, 6.45) is 4.96. The molecule has 0 spiro atoms. The van der Waals surface area contributed by atoms with E-state index in [1.165, 1.54) is 0 Å². The maximum Gasteiger partial charge on any atom is 0.248 e. The molecule has 1 aromatic heterocycles. The minimum Gasteiger partial charge on any atom is -0.393 e. The molecule has 20 heavy (non-hydrogen) atoms. The molecular formula is C16H26N2O2. The Hall–Kier alpha value is -1.29. The van der Waals surface area contributed by atoms with E-state index in [1.807, 2.05) is 47.8 Å². The Kier molecular flexibility index (Phi) is 3.96. The van der Waals surface area contributed by atoms with Gasteiger partial charge in [-0.05, 0) is 44.2 Å². The Bertz CT molecular complexity index is 463. The van der Waals surface area contributed by atoms with Gasteiger partial charge in [-0.25, -0.2) is 0 Å². The first-order valence-electron chi connectivity index (χ1n) is 7.33. The number of aliphatic hydroxyl groups excluding tert-OH is 1. The molecule has 0 saturated carbocycles. The lowest BCUT2D eigenvalue weighted by Crippen LogP contribution is -2.49. The lowest BCUT2D eigenvalue weighted by Gasteiger charge is -2.36. The highest BCUT2D eigenvalue weighted by Gasteiger charge is 2.38. The fraction of sp³-hybridized carbons (Fsp3) is 0.688. The fourth-order valence-corrected chi connectivity index (χ4v) is 3.08. The third-order valence-electron chi connectivity index (χ3n) is 4.20. The summed E-state index contributed by atoms with van der Waals surface area (Å²) in [5.41, 5.74) is -0.632. The topological polar surface area (TPSA) is 45.5 Å². The quantitative estimate of drug-likeness (QED) is 0.901. The Balaban J connectivity index is 2.20. The molecule has 1 aromatic rings. The smallest absolute Gasteiger partial charge is 0.248 e. The van der Waals surface area contributed by atoms with Crippen LogP contribution in [0.1, 0.15) is 40.5 Å². The van der Waals surface area contributed by atoms with Crippen molar-refractivity contribution < 1.29 is 9.90 Å². The van der Waals surface area contributed by atoms with Gasteiger partial charge < -0.3 is 14.6 Å². The standard InChI is InChI=1S/C16H26N2O2/c1-15(2)11-13(19)7-10-17(12-15)14(20)16(3,4)18-8-5-6-9-18/h5-6,8-9,13,19H,7,10-12H2,1-4H3/t13-/m1/s1. The van der Waals surface area contributed by atoms with Crippen LogP contribution in [0.15, 0.2) is 24.5 Å². The van der Waals surface area contributed by atoms with E-state index in [2.05, 4.69) is 13.8 Å². The number of hydrogen-bond donors (Lipinski definition) is 1. The SMILES string of the molecule is CC1(C)C[C@H](O)CCN(C(=O)C(C)(C)n2cccc2)C1. The third kappa shape index (κ3) is 3.06. The van der Waals surface area contributed by atoms with Gasteiger partial charge in [0.1, 0.15) is 5.54 Å². The Morgan fingerprint density at radius 3 is 2.50 bits per heavy atom.